The van der Waals surface area contributed by atoms with Crippen molar-refractivity contribution in [3.63, 3.8) is 0 Å². The monoisotopic (exact) mass is 321 g/mol. The maximum Gasteiger partial charge on any atom is 0.241 e. The van der Waals surface area contributed by atoms with Crippen molar-refractivity contribution in [1.29, 1.82) is 0 Å². The maximum atomic E-state index is 12.5. The second-order valence-corrected chi connectivity index (χ2v) is 7.91. The summed E-state index contributed by atoms with van der Waals surface area (Å²) in [4.78, 5) is 29.4. The fourth-order valence-electron chi connectivity index (χ4n) is 4.43. The number of Topliss-reactive ketones (excluding diaryl/α,β-unsaturated/α-hetero) is 1. The van der Waals surface area contributed by atoms with E-state index in [1.165, 1.54) is 6.42 Å². The van der Waals surface area contributed by atoms with Gasteiger partial charge in [0.25, 0.3) is 0 Å². The highest BCUT2D eigenvalue weighted by atomic mass is 16.2. The minimum absolute atomic E-state index is 0.120. The largest absolute Gasteiger partial charge is 0.342 e. The summed E-state index contributed by atoms with van der Waals surface area (Å²) in [5.41, 5.74) is -0.316. The molecule has 1 atom stereocenters. The third-order valence-electron chi connectivity index (χ3n) is 6.02. The van der Waals surface area contributed by atoms with Gasteiger partial charge in [0, 0.05) is 26.1 Å². The molecule has 2 aliphatic heterocycles. The lowest BCUT2D eigenvalue weighted by molar-refractivity contribution is -0.132. The molecular weight excluding hydrogens is 290 g/mol. The summed E-state index contributed by atoms with van der Waals surface area (Å²) in [6, 6.07) is 0.120. The first-order valence-corrected chi connectivity index (χ1v) is 9.33. The molecule has 0 aromatic rings. The Morgan fingerprint density at radius 2 is 1.96 bits per heavy atom. The smallest absolute Gasteiger partial charge is 0.241 e. The molecule has 1 saturated carbocycles. The van der Waals surface area contributed by atoms with Crippen LogP contribution in [-0.2, 0) is 9.59 Å². The molecule has 1 aliphatic carbocycles. The summed E-state index contributed by atoms with van der Waals surface area (Å²) in [5.74, 6) is 1.28. The molecule has 1 amide bonds. The van der Waals surface area contributed by atoms with Gasteiger partial charge in [0.05, 0.1) is 12.7 Å². The molecule has 3 fully saturated rings. The van der Waals surface area contributed by atoms with E-state index in [0.717, 1.165) is 58.2 Å². The molecule has 130 valence electrons. The summed E-state index contributed by atoms with van der Waals surface area (Å²) in [7, 11) is 0. The molecule has 5 heteroatoms. The SMILES string of the molecule is CC(C)CCN1CNC(=O)C12CCN(C1CCCCC1=O)CC2. The van der Waals surface area contributed by atoms with Crippen LogP contribution in [0.15, 0.2) is 0 Å². The number of ketones is 1. The van der Waals surface area contributed by atoms with Gasteiger partial charge in [-0.25, -0.2) is 0 Å². The molecular formula is C18H31N3O2. The van der Waals surface area contributed by atoms with E-state index in [1.807, 2.05) is 0 Å². The standard InChI is InChI=1S/C18H31N3O2/c1-14(2)7-10-21-13-19-17(23)18(21)8-11-20(12-9-18)15-5-3-4-6-16(15)22/h14-15H,3-13H2,1-2H3,(H,19,23). The van der Waals surface area contributed by atoms with E-state index < -0.39 is 0 Å². The number of carbonyl (C=O) groups excluding carboxylic acids is 2. The van der Waals surface area contributed by atoms with E-state index in [4.69, 9.17) is 0 Å². The first-order chi connectivity index (χ1) is 11.0. The second-order valence-electron chi connectivity index (χ2n) is 7.91. The van der Waals surface area contributed by atoms with Gasteiger partial charge < -0.3 is 5.32 Å². The van der Waals surface area contributed by atoms with E-state index in [1.54, 1.807) is 0 Å². The number of hydrogen-bond acceptors (Lipinski definition) is 4. The molecule has 2 saturated heterocycles. The average molecular weight is 321 g/mol. The molecule has 0 bridgehead atoms. The Bertz CT molecular complexity index is 455. The van der Waals surface area contributed by atoms with Gasteiger partial charge in [-0.1, -0.05) is 20.3 Å². The van der Waals surface area contributed by atoms with Crippen LogP contribution in [-0.4, -0.2) is 59.4 Å². The predicted molar refractivity (Wildman–Crippen MR) is 90.0 cm³/mol. The molecule has 1 unspecified atom stereocenters. The topological polar surface area (TPSA) is 52.7 Å². The van der Waals surface area contributed by atoms with Crippen LogP contribution in [0.4, 0.5) is 0 Å². The number of nitrogens with zero attached hydrogens (tertiary/aromatic N) is 2. The zero-order chi connectivity index (χ0) is 16.4. The van der Waals surface area contributed by atoms with Gasteiger partial charge in [0.1, 0.15) is 11.3 Å². The van der Waals surface area contributed by atoms with Crippen LogP contribution in [0, 0.1) is 5.92 Å². The van der Waals surface area contributed by atoms with Crippen molar-refractivity contribution in [1.82, 2.24) is 15.1 Å². The highest BCUT2D eigenvalue weighted by Gasteiger charge is 2.50. The molecule has 3 aliphatic rings. The predicted octanol–water partition coefficient (Wildman–Crippen LogP) is 1.77. The molecule has 5 nitrogen and oxygen atoms in total. The van der Waals surface area contributed by atoms with Crippen molar-refractivity contribution in [2.75, 3.05) is 26.3 Å². The fraction of sp³-hybridized carbons (Fsp3) is 0.889. The van der Waals surface area contributed by atoms with Gasteiger partial charge in [-0.05, 0) is 38.0 Å². The van der Waals surface area contributed by atoms with Gasteiger partial charge >= 0.3 is 0 Å². The fourth-order valence-corrected chi connectivity index (χ4v) is 4.43. The minimum atomic E-state index is -0.316. The molecule has 1 N–H and O–H groups in total. The molecule has 2 heterocycles. The maximum absolute atomic E-state index is 12.5. The highest BCUT2D eigenvalue weighted by Crippen LogP contribution is 2.34. The zero-order valence-corrected chi connectivity index (χ0v) is 14.6. The van der Waals surface area contributed by atoms with Crippen molar-refractivity contribution in [2.24, 2.45) is 5.92 Å². The average Bonchev–Trinajstić information content (AvgIpc) is 2.83. The molecule has 23 heavy (non-hydrogen) atoms. The van der Waals surface area contributed by atoms with Crippen molar-refractivity contribution in [3.8, 4) is 0 Å². The summed E-state index contributed by atoms with van der Waals surface area (Å²) in [5, 5.41) is 3.06. The number of rotatable bonds is 4. The highest BCUT2D eigenvalue weighted by molar-refractivity contribution is 5.88. The van der Waals surface area contributed by atoms with Crippen molar-refractivity contribution < 1.29 is 9.59 Å². The van der Waals surface area contributed by atoms with Gasteiger partial charge in [-0.15, -0.1) is 0 Å². The lowest BCUT2D eigenvalue weighted by Gasteiger charge is -2.45. The summed E-state index contributed by atoms with van der Waals surface area (Å²) >= 11 is 0. The molecule has 3 rings (SSSR count). The number of amides is 1. The van der Waals surface area contributed by atoms with Crippen LogP contribution in [0.5, 0.6) is 0 Å². The first kappa shape index (κ1) is 16.9. The number of carbonyl (C=O) groups is 2. The third-order valence-corrected chi connectivity index (χ3v) is 6.02. The van der Waals surface area contributed by atoms with Crippen LogP contribution in [0.1, 0.15) is 58.8 Å². The van der Waals surface area contributed by atoms with Gasteiger partial charge in [-0.3, -0.25) is 19.4 Å². The van der Waals surface area contributed by atoms with Crippen LogP contribution in [0.25, 0.3) is 0 Å². The van der Waals surface area contributed by atoms with Crippen molar-refractivity contribution in [2.45, 2.75) is 70.4 Å². The van der Waals surface area contributed by atoms with E-state index in [-0.39, 0.29) is 17.5 Å². The second kappa shape index (κ2) is 6.89. The normalized spacial score (nSPS) is 29.4. The summed E-state index contributed by atoms with van der Waals surface area (Å²) < 4.78 is 0. The van der Waals surface area contributed by atoms with Crippen LogP contribution in [0.3, 0.4) is 0 Å². The number of likely N-dealkylation sites (tertiary alicyclic amines) is 1. The van der Waals surface area contributed by atoms with E-state index in [0.29, 0.717) is 18.4 Å². The Balaban J connectivity index is 1.63. The quantitative estimate of drug-likeness (QED) is 0.857. The summed E-state index contributed by atoms with van der Waals surface area (Å²) in [6.45, 7) is 7.89. The third kappa shape index (κ3) is 3.31. The molecule has 0 radical (unpaired) electrons. The van der Waals surface area contributed by atoms with Crippen molar-refractivity contribution >= 4 is 11.7 Å². The van der Waals surface area contributed by atoms with Gasteiger partial charge in [0.2, 0.25) is 5.91 Å². The summed E-state index contributed by atoms with van der Waals surface area (Å²) in [6.07, 6.45) is 6.82. The Morgan fingerprint density at radius 1 is 1.22 bits per heavy atom. The Morgan fingerprint density at radius 3 is 2.61 bits per heavy atom. The molecule has 0 aromatic heterocycles. The molecule has 0 aromatic carbocycles. The van der Waals surface area contributed by atoms with Gasteiger partial charge in [-0.2, -0.15) is 0 Å². The number of piperidine rings is 1. The Kier molecular flexibility index (Phi) is 5.07. The van der Waals surface area contributed by atoms with Crippen LogP contribution >= 0.6 is 0 Å². The Labute approximate surface area is 139 Å². The van der Waals surface area contributed by atoms with E-state index in [2.05, 4.69) is 29.0 Å². The molecule has 1 spiro atoms. The zero-order valence-electron chi connectivity index (χ0n) is 14.6. The van der Waals surface area contributed by atoms with Crippen molar-refractivity contribution in [3.05, 3.63) is 0 Å². The lowest BCUT2D eigenvalue weighted by atomic mass is 9.83. The first-order valence-electron chi connectivity index (χ1n) is 9.33. The number of hydrogen-bond donors (Lipinski definition) is 1. The van der Waals surface area contributed by atoms with E-state index in [9.17, 15) is 9.59 Å². The van der Waals surface area contributed by atoms with Crippen LogP contribution in [0.2, 0.25) is 0 Å². The lowest BCUT2D eigenvalue weighted by Crippen LogP contribution is -2.58. The Hall–Kier alpha value is -0.940. The van der Waals surface area contributed by atoms with E-state index >= 15 is 0 Å². The minimum Gasteiger partial charge on any atom is -0.342 e. The van der Waals surface area contributed by atoms with Crippen LogP contribution < -0.4 is 5.32 Å². The van der Waals surface area contributed by atoms with Gasteiger partial charge in [0.15, 0.2) is 0 Å². The number of nitrogens with one attached hydrogen (secondary N) is 1.